The lowest BCUT2D eigenvalue weighted by Gasteiger charge is -2.30. The largest absolute Gasteiger partial charge is 0.494 e. The Morgan fingerprint density at radius 1 is 1.12 bits per heavy atom. The minimum absolute atomic E-state index is 0.0824. The minimum atomic E-state index is -0.892. The van der Waals surface area contributed by atoms with Crippen LogP contribution in [0.1, 0.15) is 22.3 Å². The summed E-state index contributed by atoms with van der Waals surface area (Å²) < 4.78 is 39.5. The zero-order chi connectivity index (χ0) is 23.5. The molecule has 0 fully saturated rings. The van der Waals surface area contributed by atoms with Crippen LogP contribution in [0.25, 0.3) is 12.2 Å². The third-order valence-corrected chi connectivity index (χ3v) is 5.36. The molecular formula is C24H22F2N4O3. The molecular weight excluding hydrogens is 430 g/mol. The average molecular weight is 452 g/mol. The number of hydrogen-bond acceptors (Lipinski definition) is 5. The molecule has 170 valence electrons. The number of methoxy groups -OCH3 is 2. The Kier molecular flexibility index (Phi) is 6.12. The maximum Gasteiger partial charge on any atom is 0.322 e. The highest BCUT2D eigenvalue weighted by atomic mass is 19.1. The highest BCUT2D eigenvalue weighted by molar-refractivity contribution is 5.97. The summed E-state index contributed by atoms with van der Waals surface area (Å²) in [7, 11) is 2.54. The number of benzene rings is 2. The number of aromatic nitrogens is 1. The van der Waals surface area contributed by atoms with E-state index >= 15 is 0 Å². The third kappa shape index (κ3) is 4.30. The molecule has 1 aromatic heterocycles. The zero-order valence-corrected chi connectivity index (χ0v) is 18.1. The van der Waals surface area contributed by atoms with Gasteiger partial charge in [0.25, 0.3) is 0 Å². The topological polar surface area (TPSA) is 89.7 Å². The van der Waals surface area contributed by atoms with Gasteiger partial charge in [-0.3, -0.25) is 0 Å². The predicted octanol–water partition coefficient (Wildman–Crippen LogP) is 4.68. The molecule has 2 amide bonds. The molecule has 1 aliphatic heterocycles. The van der Waals surface area contributed by atoms with E-state index in [4.69, 9.17) is 15.2 Å². The number of carbonyl (C=O) groups excluding carboxylic acids is 1. The second-order valence-electron chi connectivity index (χ2n) is 7.38. The predicted molar refractivity (Wildman–Crippen MR) is 122 cm³/mol. The molecule has 0 atom stereocenters. The normalized spacial score (nSPS) is 13.1. The van der Waals surface area contributed by atoms with Crippen molar-refractivity contribution in [1.29, 1.82) is 0 Å². The molecule has 0 aliphatic carbocycles. The van der Waals surface area contributed by atoms with Gasteiger partial charge in [-0.15, -0.1) is 0 Å². The minimum Gasteiger partial charge on any atom is -0.494 e. The van der Waals surface area contributed by atoms with Gasteiger partial charge in [0.1, 0.15) is 5.82 Å². The molecule has 3 N–H and O–H groups in total. The van der Waals surface area contributed by atoms with Gasteiger partial charge in [-0.25, -0.2) is 18.6 Å². The Morgan fingerprint density at radius 3 is 2.42 bits per heavy atom. The van der Waals surface area contributed by atoms with Crippen LogP contribution >= 0.6 is 0 Å². The molecule has 2 aromatic carbocycles. The van der Waals surface area contributed by atoms with Gasteiger partial charge in [-0.2, -0.15) is 0 Å². The number of carbonyl (C=O) groups is 1. The van der Waals surface area contributed by atoms with E-state index in [1.54, 1.807) is 6.08 Å². The van der Waals surface area contributed by atoms with E-state index in [2.05, 4.69) is 10.3 Å². The molecule has 3 aromatic rings. The molecule has 2 heterocycles. The first-order valence-electron chi connectivity index (χ1n) is 10.1. The number of anilines is 2. The van der Waals surface area contributed by atoms with Crippen LogP contribution in [-0.4, -0.2) is 30.1 Å². The van der Waals surface area contributed by atoms with Gasteiger partial charge >= 0.3 is 6.03 Å². The lowest BCUT2D eigenvalue weighted by Crippen LogP contribution is -2.39. The molecule has 0 saturated carbocycles. The fraction of sp³-hybridized carbons (Fsp3) is 0.167. The summed E-state index contributed by atoms with van der Waals surface area (Å²) >= 11 is 0. The molecule has 9 heteroatoms. The first-order chi connectivity index (χ1) is 15.9. The van der Waals surface area contributed by atoms with Crippen molar-refractivity contribution < 1.29 is 23.0 Å². The summed E-state index contributed by atoms with van der Waals surface area (Å²) in [5.74, 6) is -1.88. The number of amides is 2. The number of ether oxygens (including phenoxy) is 2. The van der Waals surface area contributed by atoms with Gasteiger partial charge in [-0.05, 0) is 11.6 Å². The SMILES string of the molecule is COc1cc(OC)c(F)c(CN2Cc3cnc(N)c(C=Cc4ccccc4)c3NC2=O)c1F. The van der Waals surface area contributed by atoms with Crippen LogP contribution in [0.5, 0.6) is 11.5 Å². The van der Waals surface area contributed by atoms with Crippen LogP contribution in [0.4, 0.5) is 25.1 Å². The molecule has 0 spiro atoms. The maximum absolute atomic E-state index is 14.8. The monoisotopic (exact) mass is 452 g/mol. The van der Waals surface area contributed by atoms with Crippen molar-refractivity contribution in [2.75, 3.05) is 25.3 Å². The van der Waals surface area contributed by atoms with Gasteiger partial charge < -0.3 is 25.4 Å². The van der Waals surface area contributed by atoms with Crippen LogP contribution < -0.4 is 20.5 Å². The molecule has 0 radical (unpaired) electrons. The highest BCUT2D eigenvalue weighted by Crippen LogP contribution is 2.35. The van der Waals surface area contributed by atoms with Crippen molar-refractivity contribution in [3.8, 4) is 11.5 Å². The first-order valence-corrected chi connectivity index (χ1v) is 10.1. The van der Waals surface area contributed by atoms with E-state index in [0.29, 0.717) is 16.8 Å². The molecule has 0 unspecified atom stereocenters. The lowest BCUT2D eigenvalue weighted by atomic mass is 10.0. The highest BCUT2D eigenvalue weighted by Gasteiger charge is 2.29. The fourth-order valence-electron chi connectivity index (χ4n) is 3.62. The van der Waals surface area contributed by atoms with Crippen LogP contribution in [0.2, 0.25) is 0 Å². The van der Waals surface area contributed by atoms with E-state index in [1.807, 2.05) is 36.4 Å². The summed E-state index contributed by atoms with van der Waals surface area (Å²) in [4.78, 5) is 18.3. The van der Waals surface area contributed by atoms with E-state index < -0.39 is 17.7 Å². The van der Waals surface area contributed by atoms with Crippen molar-refractivity contribution in [3.63, 3.8) is 0 Å². The number of halogens is 2. The quantitative estimate of drug-likeness (QED) is 0.567. The van der Waals surface area contributed by atoms with Crippen LogP contribution in [0.3, 0.4) is 0 Å². The average Bonchev–Trinajstić information content (AvgIpc) is 2.82. The van der Waals surface area contributed by atoms with E-state index in [-0.39, 0.29) is 36.0 Å². The number of nitrogens with zero attached hydrogens (tertiary/aromatic N) is 2. The van der Waals surface area contributed by atoms with Gasteiger partial charge in [0.15, 0.2) is 23.1 Å². The molecule has 7 nitrogen and oxygen atoms in total. The Balaban J connectivity index is 1.66. The Labute approximate surface area is 189 Å². The van der Waals surface area contributed by atoms with Crippen LogP contribution in [0.15, 0.2) is 42.6 Å². The lowest BCUT2D eigenvalue weighted by molar-refractivity contribution is 0.201. The number of hydrogen-bond donors (Lipinski definition) is 2. The van der Waals surface area contributed by atoms with Crippen molar-refractivity contribution in [1.82, 2.24) is 9.88 Å². The Hall–Kier alpha value is -4.14. The van der Waals surface area contributed by atoms with Gasteiger partial charge in [0, 0.05) is 23.4 Å². The van der Waals surface area contributed by atoms with Crippen LogP contribution in [-0.2, 0) is 13.1 Å². The number of urea groups is 1. The second-order valence-corrected chi connectivity index (χ2v) is 7.38. The van der Waals surface area contributed by atoms with Crippen molar-refractivity contribution in [2.24, 2.45) is 0 Å². The molecule has 1 aliphatic rings. The van der Waals surface area contributed by atoms with Crippen molar-refractivity contribution in [3.05, 3.63) is 76.5 Å². The van der Waals surface area contributed by atoms with Crippen LogP contribution in [0, 0.1) is 11.6 Å². The van der Waals surface area contributed by atoms with E-state index in [9.17, 15) is 13.6 Å². The summed E-state index contributed by atoms with van der Waals surface area (Å²) in [6.45, 7) is -0.255. The molecule has 33 heavy (non-hydrogen) atoms. The number of rotatable bonds is 6. The fourth-order valence-corrected chi connectivity index (χ4v) is 3.62. The van der Waals surface area contributed by atoms with Gasteiger partial charge in [0.2, 0.25) is 0 Å². The number of fused-ring (bicyclic) bond motifs is 1. The summed E-state index contributed by atoms with van der Waals surface area (Å²) in [5, 5.41) is 2.78. The molecule has 0 saturated heterocycles. The van der Waals surface area contributed by atoms with Crippen molar-refractivity contribution in [2.45, 2.75) is 13.1 Å². The first kappa shape index (κ1) is 22.1. The van der Waals surface area contributed by atoms with E-state index in [1.165, 1.54) is 25.3 Å². The summed E-state index contributed by atoms with van der Waals surface area (Å²) in [6.07, 6.45) is 5.17. The number of nitrogens with one attached hydrogen (secondary N) is 1. The zero-order valence-electron chi connectivity index (χ0n) is 18.1. The number of nitrogens with two attached hydrogens (primary N) is 1. The summed E-state index contributed by atoms with van der Waals surface area (Å²) in [5.41, 5.74) is 8.41. The smallest absolute Gasteiger partial charge is 0.322 e. The Morgan fingerprint density at radius 2 is 1.79 bits per heavy atom. The van der Waals surface area contributed by atoms with Gasteiger partial charge in [0.05, 0.1) is 38.6 Å². The van der Waals surface area contributed by atoms with Gasteiger partial charge in [-0.1, -0.05) is 36.4 Å². The molecule has 0 bridgehead atoms. The Bertz CT molecular complexity index is 1200. The number of pyridine rings is 1. The summed E-state index contributed by atoms with van der Waals surface area (Å²) in [6, 6.07) is 10.2. The molecule has 4 rings (SSSR count). The third-order valence-electron chi connectivity index (χ3n) is 5.36. The maximum atomic E-state index is 14.8. The van der Waals surface area contributed by atoms with Crippen molar-refractivity contribution >= 4 is 29.7 Å². The van der Waals surface area contributed by atoms with E-state index in [0.717, 1.165) is 11.6 Å². The standard InChI is InChI=1S/C24H22F2N4O3/c1-32-18-10-19(33-2)21(26)17(20(18)25)13-30-12-15-11-28-23(27)16(22(15)29-24(30)31)9-8-14-6-4-3-5-7-14/h3-11H,12-13H2,1-2H3,(H2,27,28)(H,29,31). The number of nitrogen functional groups attached to an aromatic ring is 1. The second kappa shape index (κ2) is 9.15.